The van der Waals surface area contributed by atoms with Crippen LogP contribution in [0.25, 0.3) is 0 Å². The number of benzene rings is 1. The molecule has 2 aliphatic rings. The molecular weight excluding hydrogens is 422 g/mol. The molecule has 0 amide bonds. The van der Waals surface area contributed by atoms with Gasteiger partial charge in [0.05, 0.1) is 24.3 Å². The van der Waals surface area contributed by atoms with E-state index in [1.165, 1.54) is 11.1 Å². The summed E-state index contributed by atoms with van der Waals surface area (Å²) in [5.41, 5.74) is 4.79. The third-order valence-electron chi connectivity index (χ3n) is 6.97. The number of hydrogen-bond donors (Lipinski definition) is 0. The van der Waals surface area contributed by atoms with Crippen molar-refractivity contribution in [2.75, 3.05) is 26.9 Å². The zero-order valence-electron chi connectivity index (χ0n) is 20.3. The maximum atomic E-state index is 6.67. The van der Waals surface area contributed by atoms with Crippen LogP contribution >= 0.6 is 11.6 Å². The van der Waals surface area contributed by atoms with Gasteiger partial charge in [0.25, 0.3) is 0 Å². The molecule has 32 heavy (non-hydrogen) atoms. The highest BCUT2D eigenvalue weighted by atomic mass is 35.5. The van der Waals surface area contributed by atoms with Crippen LogP contribution in [0.3, 0.4) is 0 Å². The lowest BCUT2D eigenvalue weighted by atomic mass is 9.72. The first-order chi connectivity index (χ1) is 15.2. The van der Waals surface area contributed by atoms with E-state index in [2.05, 4.69) is 57.2 Å². The number of methoxy groups -OCH3 is 1. The van der Waals surface area contributed by atoms with E-state index < -0.39 is 0 Å². The van der Waals surface area contributed by atoms with Crippen LogP contribution in [0.15, 0.2) is 48.4 Å². The van der Waals surface area contributed by atoms with Crippen LogP contribution in [0.5, 0.6) is 5.75 Å². The summed E-state index contributed by atoms with van der Waals surface area (Å²) in [5.74, 6) is 1.46. The lowest BCUT2D eigenvalue weighted by molar-refractivity contribution is 0.0713. The predicted molar refractivity (Wildman–Crippen MR) is 132 cm³/mol. The van der Waals surface area contributed by atoms with Gasteiger partial charge in [-0.1, -0.05) is 45.5 Å². The van der Waals surface area contributed by atoms with Crippen LogP contribution in [0, 0.1) is 5.41 Å². The van der Waals surface area contributed by atoms with Crippen LogP contribution in [0.2, 0.25) is 5.02 Å². The quantitative estimate of drug-likeness (QED) is 0.282. The van der Waals surface area contributed by atoms with E-state index in [4.69, 9.17) is 25.8 Å². The Kier molecular flexibility index (Phi) is 8.00. The number of halogens is 1. The second kappa shape index (κ2) is 10.4. The molecule has 0 fully saturated rings. The van der Waals surface area contributed by atoms with Crippen molar-refractivity contribution in [3.8, 4) is 5.75 Å². The van der Waals surface area contributed by atoms with Gasteiger partial charge in [0, 0.05) is 38.0 Å². The van der Waals surface area contributed by atoms with Gasteiger partial charge in [-0.3, -0.25) is 0 Å². The lowest BCUT2D eigenvalue weighted by Gasteiger charge is -2.51. The third kappa shape index (κ3) is 5.02. The fourth-order valence-corrected chi connectivity index (χ4v) is 4.93. The average Bonchev–Trinajstić information content (AvgIpc) is 2.76. The molecule has 0 aromatic heterocycles. The highest BCUT2D eigenvalue weighted by Gasteiger charge is 2.42. The van der Waals surface area contributed by atoms with E-state index in [-0.39, 0.29) is 11.5 Å². The van der Waals surface area contributed by atoms with Gasteiger partial charge < -0.3 is 19.1 Å². The van der Waals surface area contributed by atoms with E-state index in [0.717, 1.165) is 42.6 Å². The number of allylic oxidation sites excluding steroid dienone is 1. The predicted octanol–water partition coefficient (Wildman–Crippen LogP) is 6.85. The molecule has 0 saturated heterocycles. The molecule has 0 radical (unpaired) electrons. The van der Waals surface area contributed by atoms with E-state index in [1.54, 1.807) is 7.11 Å². The Bertz CT molecular complexity index is 889. The molecule has 0 N–H and O–H groups in total. The summed E-state index contributed by atoms with van der Waals surface area (Å²) in [6.07, 6.45) is 5.91. The standard InChI is InChI=1S/C27H38ClNO3/c1-8-27(5,6)26-15-20-14-25(32-12-10-11-30-7)23(28)16-21(20)24-13-18(3)22(17-29(24)26)19(4)31-9-2/h14,16-17,24,26H,3-4,8-13,15H2,1-2,5-7H3/t24?,26-/m0/s1. The molecule has 2 aliphatic heterocycles. The molecule has 176 valence electrons. The Hall–Kier alpha value is -1.91. The molecule has 0 aliphatic carbocycles. The smallest absolute Gasteiger partial charge is 0.138 e. The van der Waals surface area contributed by atoms with E-state index in [0.29, 0.717) is 36.6 Å². The van der Waals surface area contributed by atoms with Crippen molar-refractivity contribution in [3.63, 3.8) is 0 Å². The van der Waals surface area contributed by atoms with Crippen LogP contribution in [0.4, 0.5) is 0 Å². The van der Waals surface area contributed by atoms with Crippen molar-refractivity contribution in [1.82, 2.24) is 4.90 Å². The first-order valence-corrected chi connectivity index (χ1v) is 12.0. The molecule has 3 rings (SSSR count). The lowest BCUT2D eigenvalue weighted by Crippen LogP contribution is -2.50. The summed E-state index contributed by atoms with van der Waals surface area (Å²) in [6.45, 7) is 19.3. The van der Waals surface area contributed by atoms with Crippen molar-refractivity contribution < 1.29 is 14.2 Å². The molecule has 4 nitrogen and oxygen atoms in total. The van der Waals surface area contributed by atoms with Crippen LogP contribution in [-0.4, -0.2) is 37.9 Å². The van der Waals surface area contributed by atoms with Gasteiger partial charge >= 0.3 is 0 Å². The van der Waals surface area contributed by atoms with E-state index in [1.807, 2.05) is 6.92 Å². The summed E-state index contributed by atoms with van der Waals surface area (Å²) < 4.78 is 16.9. The summed E-state index contributed by atoms with van der Waals surface area (Å²) in [6, 6.07) is 4.78. The number of fused-ring (bicyclic) bond motifs is 3. The number of nitrogens with zero attached hydrogens (tertiary/aromatic N) is 1. The number of rotatable bonds is 10. The maximum Gasteiger partial charge on any atom is 0.138 e. The average molecular weight is 460 g/mol. The van der Waals surface area contributed by atoms with Crippen molar-refractivity contribution in [1.29, 1.82) is 0 Å². The summed E-state index contributed by atoms with van der Waals surface area (Å²) >= 11 is 6.67. The highest BCUT2D eigenvalue weighted by molar-refractivity contribution is 6.32. The molecule has 0 bridgehead atoms. The zero-order valence-corrected chi connectivity index (χ0v) is 21.1. The summed E-state index contributed by atoms with van der Waals surface area (Å²) in [4.78, 5) is 2.51. The molecular formula is C27H38ClNO3. The Morgan fingerprint density at radius 1 is 1.22 bits per heavy atom. The molecule has 1 unspecified atom stereocenters. The Morgan fingerprint density at radius 2 is 1.97 bits per heavy atom. The van der Waals surface area contributed by atoms with Gasteiger partial charge in [0.1, 0.15) is 11.5 Å². The van der Waals surface area contributed by atoms with Crippen molar-refractivity contribution in [2.45, 2.75) is 65.5 Å². The zero-order chi connectivity index (χ0) is 23.5. The van der Waals surface area contributed by atoms with Gasteiger partial charge in [-0.15, -0.1) is 0 Å². The van der Waals surface area contributed by atoms with Gasteiger partial charge in [-0.25, -0.2) is 0 Å². The maximum absolute atomic E-state index is 6.67. The minimum Gasteiger partial charge on any atom is -0.494 e. The third-order valence-corrected chi connectivity index (χ3v) is 7.26. The van der Waals surface area contributed by atoms with Crippen LogP contribution in [0.1, 0.15) is 64.1 Å². The van der Waals surface area contributed by atoms with Crippen molar-refractivity contribution in [3.05, 3.63) is 64.5 Å². The monoisotopic (exact) mass is 459 g/mol. The van der Waals surface area contributed by atoms with E-state index in [9.17, 15) is 0 Å². The molecule has 1 aromatic carbocycles. The molecule has 2 atom stereocenters. The van der Waals surface area contributed by atoms with Crippen LogP contribution in [-0.2, 0) is 15.9 Å². The molecule has 0 spiro atoms. The molecule has 1 aromatic rings. The van der Waals surface area contributed by atoms with Gasteiger partial charge in [-0.05, 0) is 60.4 Å². The highest BCUT2D eigenvalue weighted by Crippen LogP contribution is 2.49. The fourth-order valence-electron chi connectivity index (χ4n) is 4.70. The van der Waals surface area contributed by atoms with Crippen molar-refractivity contribution >= 4 is 11.6 Å². The minimum absolute atomic E-state index is 0.127. The second-order valence-electron chi connectivity index (χ2n) is 9.41. The van der Waals surface area contributed by atoms with Crippen LogP contribution < -0.4 is 4.74 Å². The normalized spacial score (nSPS) is 20.4. The first-order valence-electron chi connectivity index (χ1n) is 11.7. The number of ether oxygens (including phenoxy) is 3. The molecule has 5 heteroatoms. The molecule has 0 saturated carbocycles. The Labute approximate surface area is 198 Å². The Balaban J connectivity index is 2.01. The minimum atomic E-state index is 0.127. The molecule has 2 heterocycles. The topological polar surface area (TPSA) is 30.9 Å². The second-order valence-corrected chi connectivity index (χ2v) is 9.82. The van der Waals surface area contributed by atoms with Crippen molar-refractivity contribution in [2.24, 2.45) is 5.41 Å². The fraction of sp³-hybridized carbons (Fsp3) is 0.556. The van der Waals surface area contributed by atoms with Gasteiger partial charge in [0.2, 0.25) is 0 Å². The van der Waals surface area contributed by atoms with Gasteiger partial charge in [-0.2, -0.15) is 0 Å². The largest absolute Gasteiger partial charge is 0.494 e. The Morgan fingerprint density at radius 3 is 2.62 bits per heavy atom. The van der Waals surface area contributed by atoms with Gasteiger partial charge in [0.15, 0.2) is 0 Å². The SMILES string of the molecule is C=C1CC2c3cc(Cl)c(OCCCOC)cc3C[C@@H](C(C)(C)CC)N2C=C1C(=C)OCC. The van der Waals surface area contributed by atoms with E-state index >= 15 is 0 Å². The first kappa shape index (κ1) is 24.7. The summed E-state index contributed by atoms with van der Waals surface area (Å²) in [5, 5.41) is 0.661. The summed E-state index contributed by atoms with van der Waals surface area (Å²) in [7, 11) is 1.70. The number of hydrogen-bond acceptors (Lipinski definition) is 4.